The van der Waals surface area contributed by atoms with Gasteiger partial charge >= 0.3 is 0 Å². The first-order valence-corrected chi connectivity index (χ1v) is 5.90. The normalized spacial score (nSPS) is 11.3. The topological polar surface area (TPSA) is 49.3 Å². The molecular weight excluding hydrogens is 293 g/mol. The van der Waals surface area contributed by atoms with Crippen LogP contribution in [0.1, 0.15) is 24.2 Å². The van der Waals surface area contributed by atoms with Crippen molar-refractivity contribution in [3.63, 3.8) is 0 Å². The van der Waals surface area contributed by atoms with Crippen LogP contribution < -0.4 is 5.32 Å². The van der Waals surface area contributed by atoms with Crippen LogP contribution in [0.4, 0.5) is 0 Å². The molecule has 1 amide bonds. The Hall–Kier alpha value is -0.580. The van der Waals surface area contributed by atoms with E-state index in [4.69, 9.17) is 16.7 Å². The molecule has 0 aliphatic rings. The molecule has 0 fully saturated rings. The van der Waals surface area contributed by atoms with E-state index < -0.39 is 5.54 Å². The number of amides is 1. The lowest BCUT2D eigenvalue weighted by Crippen LogP contribution is -2.46. The van der Waals surface area contributed by atoms with Gasteiger partial charge in [-0.15, -0.1) is 0 Å². The van der Waals surface area contributed by atoms with Crippen LogP contribution in [0.15, 0.2) is 22.7 Å². The molecule has 0 aliphatic heterocycles. The first-order valence-electron chi connectivity index (χ1n) is 4.73. The molecule has 0 aliphatic carbocycles. The maximum atomic E-state index is 11.8. The molecule has 3 nitrogen and oxygen atoms in total. The number of nitrogens with one attached hydrogen (secondary N) is 1. The third-order valence-electron chi connectivity index (χ3n) is 1.97. The Morgan fingerprint density at radius 2 is 2.12 bits per heavy atom. The van der Waals surface area contributed by atoms with Gasteiger partial charge in [-0.2, -0.15) is 0 Å². The van der Waals surface area contributed by atoms with Gasteiger partial charge in [-0.05, 0) is 32.0 Å². The molecule has 0 saturated heterocycles. The average Bonchev–Trinajstić information content (AvgIpc) is 2.15. The van der Waals surface area contributed by atoms with Gasteiger partial charge in [-0.25, -0.2) is 0 Å². The quantitative estimate of drug-likeness (QED) is 0.902. The van der Waals surface area contributed by atoms with Crippen molar-refractivity contribution in [2.45, 2.75) is 19.4 Å². The molecule has 0 saturated carbocycles. The molecule has 0 aromatic heterocycles. The zero-order valence-corrected chi connectivity index (χ0v) is 11.4. The fraction of sp³-hybridized carbons (Fsp3) is 0.364. The summed E-state index contributed by atoms with van der Waals surface area (Å²) in [4.78, 5) is 11.8. The van der Waals surface area contributed by atoms with Gasteiger partial charge in [0, 0.05) is 15.1 Å². The predicted molar refractivity (Wildman–Crippen MR) is 67.8 cm³/mol. The Bertz CT molecular complexity index is 387. The van der Waals surface area contributed by atoms with Crippen molar-refractivity contribution in [2.24, 2.45) is 0 Å². The smallest absolute Gasteiger partial charge is 0.251 e. The van der Waals surface area contributed by atoms with Crippen LogP contribution in [0.25, 0.3) is 0 Å². The van der Waals surface area contributed by atoms with Gasteiger partial charge < -0.3 is 10.4 Å². The zero-order chi connectivity index (χ0) is 12.3. The fourth-order valence-corrected chi connectivity index (χ4v) is 1.96. The highest BCUT2D eigenvalue weighted by Gasteiger charge is 2.20. The molecule has 0 heterocycles. The molecule has 0 radical (unpaired) electrons. The molecule has 0 unspecified atom stereocenters. The highest BCUT2D eigenvalue weighted by Crippen LogP contribution is 2.20. The van der Waals surface area contributed by atoms with Crippen molar-refractivity contribution in [1.29, 1.82) is 0 Å². The number of halogens is 2. The largest absolute Gasteiger partial charge is 0.394 e. The van der Waals surface area contributed by atoms with Gasteiger partial charge in [0.2, 0.25) is 0 Å². The number of hydrogen-bond donors (Lipinski definition) is 2. The van der Waals surface area contributed by atoms with Gasteiger partial charge in [0.15, 0.2) is 0 Å². The first kappa shape index (κ1) is 13.5. The second kappa shape index (κ2) is 5.17. The summed E-state index contributed by atoms with van der Waals surface area (Å²) in [5, 5.41) is 12.2. The van der Waals surface area contributed by atoms with Crippen LogP contribution in [0.3, 0.4) is 0 Å². The number of aliphatic hydroxyl groups is 1. The minimum absolute atomic E-state index is 0.125. The highest BCUT2D eigenvalue weighted by molar-refractivity contribution is 9.10. The van der Waals surface area contributed by atoms with E-state index >= 15 is 0 Å². The molecule has 5 heteroatoms. The van der Waals surface area contributed by atoms with E-state index in [1.54, 1.807) is 32.0 Å². The monoisotopic (exact) mass is 305 g/mol. The third-order valence-corrected chi connectivity index (χ3v) is 2.65. The number of carbonyl (C=O) groups is 1. The molecule has 0 bridgehead atoms. The van der Waals surface area contributed by atoms with Crippen molar-refractivity contribution in [1.82, 2.24) is 5.32 Å². The molecular formula is C11H13BrClNO2. The summed E-state index contributed by atoms with van der Waals surface area (Å²) in [5.41, 5.74) is -0.188. The molecule has 88 valence electrons. The molecule has 1 aromatic rings. The van der Waals surface area contributed by atoms with Gasteiger partial charge in [-0.1, -0.05) is 27.5 Å². The van der Waals surface area contributed by atoms with Crippen molar-refractivity contribution >= 4 is 33.4 Å². The molecule has 1 rings (SSSR count). The molecule has 2 N–H and O–H groups in total. The Kier molecular flexibility index (Phi) is 4.35. The maximum absolute atomic E-state index is 11.8. The zero-order valence-electron chi connectivity index (χ0n) is 9.05. The first-order chi connectivity index (χ1) is 7.34. The second-order valence-corrected chi connectivity index (χ2v) is 5.51. The lowest BCUT2D eigenvalue weighted by molar-refractivity contribution is 0.0869. The summed E-state index contributed by atoms with van der Waals surface area (Å²) in [6.45, 7) is 3.36. The third kappa shape index (κ3) is 3.77. The van der Waals surface area contributed by atoms with E-state index in [1.165, 1.54) is 0 Å². The Balaban J connectivity index is 2.89. The van der Waals surface area contributed by atoms with Crippen LogP contribution in [0.2, 0.25) is 5.02 Å². The summed E-state index contributed by atoms with van der Waals surface area (Å²) in [5.74, 6) is -0.262. The van der Waals surface area contributed by atoms with Crippen molar-refractivity contribution in [2.75, 3.05) is 6.61 Å². The Morgan fingerprint density at radius 1 is 1.50 bits per heavy atom. The molecule has 1 aromatic carbocycles. The second-order valence-electron chi connectivity index (χ2n) is 4.15. The number of benzene rings is 1. The van der Waals surface area contributed by atoms with Crippen LogP contribution in [-0.4, -0.2) is 23.2 Å². The molecule has 0 atom stereocenters. The summed E-state index contributed by atoms with van der Waals surface area (Å²) >= 11 is 9.10. The summed E-state index contributed by atoms with van der Waals surface area (Å²) in [6.07, 6.45) is 0. The maximum Gasteiger partial charge on any atom is 0.251 e. The van der Waals surface area contributed by atoms with Crippen molar-refractivity contribution < 1.29 is 9.90 Å². The minimum Gasteiger partial charge on any atom is -0.394 e. The highest BCUT2D eigenvalue weighted by atomic mass is 79.9. The van der Waals surface area contributed by atoms with Crippen LogP contribution >= 0.6 is 27.5 Å². The number of rotatable bonds is 3. The van der Waals surface area contributed by atoms with E-state index in [2.05, 4.69) is 21.2 Å². The number of aliphatic hydroxyl groups excluding tert-OH is 1. The van der Waals surface area contributed by atoms with Crippen LogP contribution in [0.5, 0.6) is 0 Å². The summed E-state index contributed by atoms with van der Waals surface area (Å²) in [6, 6.07) is 4.96. The van der Waals surface area contributed by atoms with E-state index in [0.29, 0.717) is 10.6 Å². The molecule has 16 heavy (non-hydrogen) atoms. The Labute approximate surface area is 108 Å². The van der Waals surface area contributed by atoms with Gasteiger partial charge in [0.05, 0.1) is 12.1 Å². The summed E-state index contributed by atoms with van der Waals surface area (Å²) < 4.78 is 0.743. The van der Waals surface area contributed by atoms with Crippen molar-refractivity contribution in [3.8, 4) is 0 Å². The van der Waals surface area contributed by atoms with Gasteiger partial charge in [0.25, 0.3) is 5.91 Å². The summed E-state index contributed by atoms with van der Waals surface area (Å²) in [7, 11) is 0. The van der Waals surface area contributed by atoms with E-state index in [-0.39, 0.29) is 12.5 Å². The standard InChI is InChI=1S/C11H13BrClNO2/c1-11(2,6-15)14-10(16)7-3-8(12)5-9(13)4-7/h3-5,15H,6H2,1-2H3,(H,14,16). The van der Waals surface area contributed by atoms with Gasteiger partial charge in [0.1, 0.15) is 0 Å². The Morgan fingerprint density at radius 3 is 2.62 bits per heavy atom. The number of hydrogen-bond acceptors (Lipinski definition) is 2. The van der Waals surface area contributed by atoms with Crippen LogP contribution in [0, 0.1) is 0 Å². The predicted octanol–water partition coefficient (Wildman–Crippen LogP) is 2.60. The SMILES string of the molecule is CC(C)(CO)NC(=O)c1cc(Cl)cc(Br)c1. The average molecular weight is 307 g/mol. The lowest BCUT2D eigenvalue weighted by Gasteiger charge is -2.23. The van der Waals surface area contributed by atoms with E-state index in [1.807, 2.05) is 0 Å². The fourth-order valence-electron chi connectivity index (χ4n) is 1.10. The van der Waals surface area contributed by atoms with Crippen LogP contribution in [-0.2, 0) is 0 Å². The number of carbonyl (C=O) groups excluding carboxylic acids is 1. The van der Waals surface area contributed by atoms with Crippen molar-refractivity contribution in [3.05, 3.63) is 33.3 Å². The van der Waals surface area contributed by atoms with E-state index in [0.717, 1.165) is 4.47 Å². The molecule has 0 spiro atoms. The lowest BCUT2D eigenvalue weighted by atomic mass is 10.1. The van der Waals surface area contributed by atoms with E-state index in [9.17, 15) is 4.79 Å². The minimum atomic E-state index is -0.647. The van der Waals surface area contributed by atoms with Gasteiger partial charge in [-0.3, -0.25) is 4.79 Å².